The van der Waals surface area contributed by atoms with E-state index in [1.165, 1.54) is 5.56 Å². The molecule has 0 saturated carbocycles. The average Bonchev–Trinajstić information content (AvgIpc) is 3.12. The van der Waals surface area contributed by atoms with Crippen molar-refractivity contribution in [1.29, 1.82) is 0 Å². The lowest BCUT2D eigenvalue weighted by atomic mass is 9.87. The van der Waals surface area contributed by atoms with Crippen LogP contribution >= 0.6 is 0 Å². The van der Waals surface area contributed by atoms with E-state index >= 15 is 0 Å². The van der Waals surface area contributed by atoms with Crippen LogP contribution in [0.1, 0.15) is 29.7 Å². The lowest BCUT2D eigenvalue weighted by molar-refractivity contribution is 0.457. The van der Waals surface area contributed by atoms with Gasteiger partial charge in [-0.15, -0.1) is 0 Å². The number of para-hydroxylation sites is 1. The van der Waals surface area contributed by atoms with Crippen molar-refractivity contribution in [3.05, 3.63) is 102 Å². The highest BCUT2D eigenvalue weighted by Crippen LogP contribution is 2.44. The highest BCUT2D eigenvalue weighted by atomic mass is 16.3. The van der Waals surface area contributed by atoms with Gasteiger partial charge in [-0.1, -0.05) is 73.2 Å². The maximum Gasteiger partial charge on any atom is 0.147 e. The molecular formula is C26H23N3O. The predicted octanol–water partition coefficient (Wildman–Crippen LogP) is 5.85. The van der Waals surface area contributed by atoms with Gasteiger partial charge in [0.2, 0.25) is 0 Å². The third kappa shape index (κ3) is 3.01. The maximum atomic E-state index is 11.1. The van der Waals surface area contributed by atoms with Crippen molar-refractivity contribution in [3.8, 4) is 5.75 Å². The largest absolute Gasteiger partial charge is 0.505 e. The zero-order chi connectivity index (χ0) is 20.7. The number of rotatable bonds is 3. The van der Waals surface area contributed by atoms with E-state index in [4.69, 9.17) is 5.10 Å². The molecule has 4 nitrogen and oxygen atoms in total. The Bertz CT molecular complexity index is 1230. The lowest BCUT2D eigenvalue weighted by Crippen LogP contribution is -2.24. The summed E-state index contributed by atoms with van der Waals surface area (Å²) in [5.74, 6) is 0.311. The minimum atomic E-state index is -0.130. The zero-order valence-corrected chi connectivity index (χ0v) is 17.0. The Morgan fingerprint density at radius 3 is 2.40 bits per heavy atom. The van der Waals surface area contributed by atoms with Crippen LogP contribution in [-0.4, -0.2) is 15.8 Å². The molecule has 1 aromatic heterocycles. The first-order valence-electron chi connectivity index (χ1n) is 10.2. The summed E-state index contributed by atoms with van der Waals surface area (Å²) in [6, 6.07) is 26.4. The maximum absolute atomic E-state index is 11.1. The third-order valence-electron chi connectivity index (χ3n) is 5.85. The fourth-order valence-corrected chi connectivity index (χ4v) is 4.26. The number of hydrazone groups is 1. The van der Waals surface area contributed by atoms with Crippen molar-refractivity contribution < 1.29 is 5.11 Å². The topological polar surface area (TPSA) is 48.7 Å². The summed E-state index contributed by atoms with van der Waals surface area (Å²) in [5.41, 5.74) is 5.80. The standard InChI is InChI=1S/C26H23N3O/c1-17-10-12-20(13-11-17)23-18(2)25(29(28-23)21-8-4-3-5-9-21)22-15-14-19-7-6-16-27-24(19)26(22)30/h3-16,18,25,30H,1-2H3. The van der Waals surface area contributed by atoms with E-state index in [-0.39, 0.29) is 17.7 Å². The van der Waals surface area contributed by atoms with Gasteiger partial charge in [0.25, 0.3) is 0 Å². The number of anilines is 1. The molecule has 30 heavy (non-hydrogen) atoms. The van der Waals surface area contributed by atoms with E-state index in [1.807, 2.05) is 47.5 Å². The highest BCUT2D eigenvalue weighted by Gasteiger charge is 2.38. The Labute approximate surface area is 176 Å². The van der Waals surface area contributed by atoms with Crippen LogP contribution < -0.4 is 5.01 Å². The molecule has 1 aliphatic heterocycles. The summed E-state index contributed by atoms with van der Waals surface area (Å²) in [5, 5.41) is 19.1. The molecule has 148 valence electrons. The molecular weight excluding hydrogens is 370 g/mol. The number of hydrogen-bond acceptors (Lipinski definition) is 4. The molecule has 2 unspecified atom stereocenters. The van der Waals surface area contributed by atoms with Crippen molar-refractivity contribution in [2.24, 2.45) is 11.0 Å². The first kappa shape index (κ1) is 18.4. The minimum absolute atomic E-state index is 0.0833. The van der Waals surface area contributed by atoms with Crippen LogP contribution in [0.5, 0.6) is 5.75 Å². The highest BCUT2D eigenvalue weighted by molar-refractivity contribution is 6.05. The number of fused-ring (bicyclic) bond motifs is 1. The predicted molar refractivity (Wildman–Crippen MR) is 122 cm³/mol. The van der Waals surface area contributed by atoms with Crippen LogP contribution in [0, 0.1) is 12.8 Å². The fourth-order valence-electron chi connectivity index (χ4n) is 4.26. The quantitative estimate of drug-likeness (QED) is 0.475. The summed E-state index contributed by atoms with van der Waals surface area (Å²) in [4.78, 5) is 4.42. The summed E-state index contributed by atoms with van der Waals surface area (Å²) in [6.45, 7) is 4.26. The van der Waals surface area contributed by atoms with Crippen molar-refractivity contribution >= 4 is 22.3 Å². The average molecular weight is 393 g/mol. The second-order valence-corrected chi connectivity index (χ2v) is 7.84. The van der Waals surface area contributed by atoms with Crippen LogP contribution in [0.4, 0.5) is 5.69 Å². The van der Waals surface area contributed by atoms with Crippen molar-refractivity contribution in [3.63, 3.8) is 0 Å². The number of hydrogen-bond donors (Lipinski definition) is 1. The van der Waals surface area contributed by atoms with Gasteiger partial charge in [-0.3, -0.25) is 9.99 Å². The number of benzene rings is 3. The molecule has 3 aromatic carbocycles. The number of nitrogens with zero attached hydrogens (tertiary/aromatic N) is 3. The van der Waals surface area contributed by atoms with E-state index in [9.17, 15) is 5.11 Å². The number of aromatic nitrogens is 1. The SMILES string of the molecule is Cc1ccc(C2=NN(c3ccccc3)C(c3ccc4cccnc4c3O)C2C)cc1. The van der Waals surface area contributed by atoms with Crippen LogP contribution in [0.2, 0.25) is 0 Å². The number of pyridine rings is 1. The molecule has 4 heteroatoms. The molecule has 0 saturated heterocycles. The molecule has 2 heterocycles. The van der Waals surface area contributed by atoms with E-state index in [0.717, 1.165) is 27.9 Å². The molecule has 0 aliphatic carbocycles. The Hall–Kier alpha value is -3.66. The number of phenolic OH excluding ortho intramolecular Hbond substituents is 1. The first-order chi connectivity index (χ1) is 14.6. The summed E-state index contributed by atoms with van der Waals surface area (Å²) < 4.78 is 0. The smallest absolute Gasteiger partial charge is 0.147 e. The molecule has 4 aromatic rings. The van der Waals surface area contributed by atoms with Gasteiger partial charge in [-0.05, 0) is 30.7 Å². The molecule has 1 aliphatic rings. The molecule has 0 amide bonds. The number of aryl methyl sites for hydroxylation is 1. The van der Waals surface area contributed by atoms with Gasteiger partial charge in [0, 0.05) is 23.1 Å². The van der Waals surface area contributed by atoms with Gasteiger partial charge in [0.15, 0.2) is 0 Å². The summed E-state index contributed by atoms with van der Waals surface area (Å²) >= 11 is 0. The Balaban J connectivity index is 1.66. The third-order valence-corrected chi connectivity index (χ3v) is 5.85. The molecule has 5 rings (SSSR count). The summed E-state index contributed by atoms with van der Waals surface area (Å²) in [6.07, 6.45) is 1.72. The van der Waals surface area contributed by atoms with Gasteiger partial charge in [-0.2, -0.15) is 5.10 Å². The number of aromatic hydroxyl groups is 1. The molecule has 0 spiro atoms. The van der Waals surface area contributed by atoms with Gasteiger partial charge < -0.3 is 5.11 Å². The first-order valence-corrected chi connectivity index (χ1v) is 10.2. The van der Waals surface area contributed by atoms with Crippen LogP contribution in [-0.2, 0) is 0 Å². The van der Waals surface area contributed by atoms with Crippen molar-refractivity contribution in [2.45, 2.75) is 19.9 Å². The van der Waals surface area contributed by atoms with E-state index in [2.05, 4.69) is 55.2 Å². The van der Waals surface area contributed by atoms with Gasteiger partial charge in [0.05, 0.1) is 17.4 Å². The van der Waals surface area contributed by atoms with Gasteiger partial charge >= 0.3 is 0 Å². The van der Waals surface area contributed by atoms with Crippen molar-refractivity contribution in [1.82, 2.24) is 4.98 Å². The number of phenols is 1. The van der Waals surface area contributed by atoms with Crippen LogP contribution in [0.15, 0.2) is 90.2 Å². The molecule has 0 radical (unpaired) electrons. The Kier molecular flexibility index (Phi) is 4.47. The molecule has 2 atom stereocenters. The summed E-state index contributed by atoms with van der Waals surface area (Å²) in [7, 11) is 0. The van der Waals surface area contributed by atoms with Gasteiger partial charge in [-0.25, -0.2) is 0 Å². The normalized spacial score (nSPS) is 18.6. The second kappa shape index (κ2) is 7.30. The fraction of sp³-hybridized carbons (Fsp3) is 0.154. The molecule has 0 fully saturated rings. The molecule has 0 bridgehead atoms. The molecule has 1 N–H and O–H groups in total. The van der Waals surface area contributed by atoms with E-state index in [1.54, 1.807) is 6.20 Å². The van der Waals surface area contributed by atoms with E-state index < -0.39 is 0 Å². The van der Waals surface area contributed by atoms with E-state index in [0.29, 0.717) is 5.52 Å². The Morgan fingerprint density at radius 2 is 1.63 bits per heavy atom. The second-order valence-electron chi connectivity index (χ2n) is 7.84. The van der Waals surface area contributed by atoms with Crippen LogP contribution in [0.25, 0.3) is 10.9 Å². The van der Waals surface area contributed by atoms with Crippen molar-refractivity contribution in [2.75, 3.05) is 5.01 Å². The zero-order valence-electron chi connectivity index (χ0n) is 17.0. The van der Waals surface area contributed by atoms with Crippen LogP contribution in [0.3, 0.4) is 0 Å². The Morgan fingerprint density at radius 1 is 0.867 bits per heavy atom. The monoisotopic (exact) mass is 393 g/mol. The minimum Gasteiger partial charge on any atom is -0.505 e. The lowest BCUT2D eigenvalue weighted by Gasteiger charge is -2.27. The van der Waals surface area contributed by atoms with Gasteiger partial charge in [0.1, 0.15) is 11.3 Å².